The van der Waals surface area contributed by atoms with Gasteiger partial charge in [0.05, 0.1) is 42.9 Å². The molecule has 1 aliphatic rings. The van der Waals surface area contributed by atoms with Gasteiger partial charge in [-0.25, -0.2) is 4.79 Å². The van der Waals surface area contributed by atoms with Crippen molar-refractivity contribution in [1.29, 1.82) is 0 Å². The fourth-order valence-electron chi connectivity index (χ4n) is 4.99. The summed E-state index contributed by atoms with van der Waals surface area (Å²) in [6, 6.07) is 18.3. The van der Waals surface area contributed by atoms with Crippen molar-refractivity contribution in [2.45, 2.75) is 12.5 Å². The van der Waals surface area contributed by atoms with Crippen molar-refractivity contribution in [2.75, 3.05) is 21.3 Å². The van der Waals surface area contributed by atoms with Crippen LogP contribution in [0.15, 0.2) is 77.1 Å². The first-order chi connectivity index (χ1) is 21.2. The van der Waals surface area contributed by atoms with Gasteiger partial charge in [0.2, 0.25) is 0 Å². The SMILES string of the molecule is COC(=O)C1=C(N)n2c(s/c(=C/c3ccc(O)c(OC)c3)c2=O)=C(C(=O)NCc2ccccc2)C1c1ccc(O)c(OC)c1. The maximum absolute atomic E-state index is 14.1. The van der Waals surface area contributed by atoms with Crippen LogP contribution in [0.4, 0.5) is 0 Å². The number of nitrogens with one attached hydrogen (secondary N) is 1. The number of rotatable bonds is 8. The number of benzene rings is 3. The van der Waals surface area contributed by atoms with Crippen LogP contribution in [0.1, 0.15) is 22.6 Å². The molecule has 1 amide bonds. The summed E-state index contributed by atoms with van der Waals surface area (Å²) in [5, 5.41) is 23.2. The van der Waals surface area contributed by atoms with E-state index in [4.69, 9.17) is 19.9 Å². The molecule has 5 N–H and O–H groups in total. The largest absolute Gasteiger partial charge is 0.504 e. The van der Waals surface area contributed by atoms with Gasteiger partial charge in [-0.15, -0.1) is 11.3 Å². The van der Waals surface area contributed by atoms with Gasteiger partial charge in [0.25, 0.3) is 11.5 Å². The highest BCUT2D eigenvalue weighted by Gasteiger charge is 2.39. The minimum atomic E-state index is -1.09. The van der Waals surface area contributed by atoms with Gasteiger partial charge in [-0.1, -0.05) is 42.5 Å². The Morgan fingerprint density at radius 3 is 2.27 bits per heavy atom. The molecule has 3 aromatic carbocycles. The molecule has 0 saturated heterocycles. The molecule has 11 nitrogen and oxygen atoms in total. The average molecular weight is 616 g/mol. The lowest BCUT2D eigenvalue weighted by Gasteiger charge is -2.27. The van der Waals surface area contributed by atoms with Gasteiger partial charge in [-0.2, -0.15) is 0 Å². The molecule has 44 heavy (non-hydrogen) atoms. The molecule has 226 valence electrons. The van der Waals surface area contributed by atoms with Gasteiger partial charge in [-0.05, 0) is 47.0 Å². The molecule has 0 aliphatic carbocycles. The molecule has 5 rings (SSSR count). The van der Waals surface area contributed by atoms with Crippen molar-refractivity contribution in [3.63, 3.8) is 0 Å². The Bertz CT molecular complexity index is 1980. The zero-order chi connectivity index (χ0) is 31.5. The second-order valence-corrected chi connectivity index (χ2v) is 10.8. The third kappa shape index (κ3) is 5.50. The molecule has 0 radical (unpaired) electrons. The smallest absolute Gasteiger partial charge is 0.338 e. The predicted octanol–water partition coefficient (Wildman–Crippen LogP) is 1.73. The van der Waals surface area contributed by atoms with Crippen molar-refractivity contribution in [3.8, 4) is 23.0 Å². The number of nitrogens with two attached hydrogens (primary N) is 1. The van der Waals surface area contributed by atoms with E-state index >= 15 is 0 Å². The van der Waals surface area contributed by atoms with Gasteiger partial charge < -0.3 is 35.5 Å². The highest BCUT2D eigenvalue weighted by Crippen LogP contribution is 2.40. The molecule has 0 saturated carbocycles. The van der Waals surface area contributed by atoms with E-state index in [9.17, 15) is 24.6 Å². The highest BCUT2D eigenvalue weighted by atomic mass is 32.1. The molecule has 1 aromatic heterocycles. The summed E-state index contributed by atoms with van der Waals surface area (Å²) >= 11 is 1.02. The van der Waals surface area contributed by atoms with E-state index in [1.807, 2.05) is 30.3 Å². The first-order valence-electron chi connectivity index (χ1n) is 13.3. The van der Waals surface area contributed by atoms with E-state index in [0.717, 1.165) is 21.5 Å². The second-order valence-electron chi connectivity index (χ2n) is 9.72. The summed E-state index contributed by atoms with van der Waals surface area (Å²) < 4.78 is 17.1. The fourth-order valence-corrected chi connectivity index (χ4v) is 6.17. The monoisotopic (exact) mass is 615 g/mol. The summed E-state index contributed by atoms with van der Waals surface area (Å²) in [7, 11) is 3.96. The number of phenolic OH excluding ortho intramolecular Hbond substituents is 2. The Kier molecular flexibility index (Phi) is 8.45. The average Bonchev–Trinajstić information content (AvgIpc) is 3.36. The zero-order valence-electron chi connectivity index (χ0n) is 24.0. The summed E-state index contributed by atoms with van der Waals surface area (Å²) in [6.45, 7) is 0.170. The van der Waals surface area contributed by atoms with Crippen LogP contribution in [0.5, 0.6) is 23.0 Å². The standard InChI is InChI=1S/C32H29N3O8S/c1-41-22-13-18(9-11-20(22)36)14-24-30(39)35-28(33)26(32(40)43-3)25(19-10-12-21(37)23(15-19)42-2)27(31(35)44-24)29(38)34-16-17-7-5-4-6-8-17/h4-15,25,36-37H,16,33H2,1-3H3,(H,34,38)/b24-14+. The molecule has 0 bridgehead atoms. The van der Waals surface area contributed by atoms with Crippen LogP contribution < -0.4 is 35.3 Å². The molecule has 4 aromatic rings. The van der Waals surface area contributed by atoms with Crippen molar-refractivity contribution < 1.29 is 34.0 Å². The molecular formula is C32H29N3O8S. The third-order valence-electron chi connectivity index (χ3n) is 7.13. The Hall–Kier alpha value is -5.49. The third-order valence-corrected chi connectivity index (χ3v) is 8.24. The number of thiazole rings is 1. The number of phenols is 2. The van der Waals surface area contributed by atoms with E-state index in [0.29, 0.717) is 11.1 Å². The number of methoxy groups -OCH3 is 3. The van der Waals surface area contributed by atoms with Crippen LogP contribution in [0.3, 0.4) is 0 Å². The molecule has 12 heteroatoms. The number of ether oxygens (including phenoxy) is 3. The maximum atomic E-state index is 14.1. The normalized spacial score (nSPS) is 14.7. The molecular weight excluding hydrogens is 586 g/mol. The number of hydrogen-bond acceptors (Lipinski definition) is 10. The van der Waals surface area contributed by atoms with E-state index in [1.54, 1.807) is 24.3 Å². The number of aromatic nitrogens is 1. The molecule has 1 atom stereocenters. The number of carbonyl (C=O) groups is 2. The number of esters is 1. The topological polar surface area (TPSA) is 162 Å². The van der Waals surface area contributed by atoms with E-state index in [-0.39, 0.29) is 55.7 Å². The number of hydrogen-bond donors (Lipinski definition) is 4. The van der Waals surface area contributed by atoms with Crippen LogP contribution in [-0.2, 0) is 20.9 Å². The van der Waals surface area contributed by atoms with Crippen LogP contribution in [0.2, 0.25) is 0 Å². The molecule has 1 unspecified atom stereocenters. The predicted molar refractivity (Wildman–Crippen MR) is 165 cm³/mol. The lowest BCUT2D eigenvalue weighted by molar-refractivity contribution is -0.136. The van der Waals surface area contributed by atoms with Gasteiger partial charge in [0.1, 0.15) is 10.5 Å². The summed E-state index contributed by atoms with van der Waals surface area (Å²) in [5.41, 5.74) is 7.71. The Labute approximate surface area is 255 Å². The lowest BCUT2D eigenvalue weighted by atomic mass is 9.82. The van der Waals surface area contributed by atoms with Gasteiger partial charge in [0, 0.05) is 6.54 Å². The first-order valence-corrected chi connectivity index (χ1v) is 14.1. The van der Waals surface area contributed by atoms with E-state index in [1.165, 1.54) is 39.5 Å². The Morgan fingerprint density at radius 1 is 0.955 bits per heavy atom. The number of aromatic hydroxyl groups is 2. The van der Waals surface area contributed by atoms with Crippen LogP contribution in [0.25, 0.3) is 17.5 Å². The second kappa shape index (κ2) is 12.4. The van der Waals surface area contributed by atoms with Crippen LogP contribution in [-0.4, -0.2) is 48.0 Å². The summed E-state index contributed by atoms with van der Waals surface area (Å²) in [5.74, 6) is -2.58. The number of amides is 1. The fraction of sp³-hybridized carbons (Fsp3) is 0.156. The molecule has 0 fully saturated rings. The van der Waals surface area contributed by atoms with Crippen LogP contribution in [0, 0.1) is 0 Å². The summed E-state index contributed by atoms with van der Waals surface area (Å²) in [6.07, 6.45) is 1.57. The van der Waals surface area contributed by atoms with Crippen molar-refractivity contribution in [2.24, 2.45) is 5.73 Å². The number of nitrogens with zero attached hydrogens (tertiary/aromatic N) is 1. The van der Waals surface area contributed by atoms with E-state index < -0.39 is 23.4 Å². The molecule has 2 heterocycles. The van der Waals surface area contributed by atoms with E-state index in [2.05, 4.69) is 5.32 Å². The minimum Gasteiger partial charge on any atom is -0.504 e. The van der Waals surface area contributed by atoms with Gasteiger partial charge in [0.15, 0.2) is 23.0 Å². The Morgan fingerprint density at radius 2 is 1.61 bits per heavy atom. The highest BCUT2D eigenvalue weighted by molar-refractivity contribution is 7.07. The lowest BCUT2D eigenvalue weighted by Crippen LogP contribution is -2.43. The van der Waals surface area contributed by atoms with Gasteiger partial charge >= 0.3 is 5.97 Å². The first kappa shape index (κ1) is 30.0. The van der Waals surface area contributed by atoms with Crippen molar-refractivity contribution in [1.82, 2.24) is 9.88 Å². The quantitative estimate of drug-likeness (QED) is 0.216. The Balaban J connectivity index is 1.81. The number of fused-ring (bicyclic) bond motifs is 1. The molecule has 0 spiro atoms. The maximum Gasteiger partial charge on any atom is 0.338 e. The van der Waals surface area contributed by atoms with Crippen LogP contribution >= 0.6 is 11.3 Å². The van der Waals surface area contributed by atoms with Crippen molar-refractivity contribution in [3.05, 3.63) is 109 Å². The molecule has 1 aliphatic heterocycles. The van der Waals surface area contributed by atoms with Crippen molar-refractivity contribution >= 4 is 40.7 Å². The zero-order valence-corrected chi connectivity index (χ0v) is 24.8. The minimum absolute atomic E-state index is 0.0698. The van der Waals surface area contributed by atoms with Gasteiger partial charge in [-0.3, -0.25) is 14.2 Å². The number of carbonyl (C=O) groups excluding carboxylic acids is 2. The summed E-state index contributed by atoms with van der Waals surface area (Å²) in [4.78, 5) is 41.2.